The number of fused-ring (bicyclic) bond motifs is 1. The van der Waals surface area contributed by atoms with Crippen molar-refractivity contribution < 1.29 is 17.6 Å². The third-order valence-corrected chi connectivity index (χ3v) is 3.59. The van der Waals surface area contributed by atoms with Crippen LogP contribution in [-0.4, -0.2) is 14.8 Å². The van der Waals surface area contributed by atoms with E-state index in [9.17, 15) is 17.6 Å². The molecule has 1 unspecified atom stereocenters. The second-order valence-corrected chi connectivity index (χ2v) is 4.98. The molecule has 0 bridgehead atoms. The standard InChI is InChI=1S/C13H12F4N4/c14-10-4-3-7(6-9(10)13(15,16)17)8-2-1-5-21-11(8)19-12(18)20-21/h3-4,6,8H,1-2,5H2,(H2,18,20). The molecule has 2 aromatic rings. The summed E-state index contributed by atoms with van der Waals surface area (Å²) in [6, 6.07) is 3.05. The largest absolute Gasteiger partial charge is 0.419 e. The number of aryl methyl sites for hydroxylation is 1. The Balaban J connectivity index is 2.06. The molecule has 1 aliphatic rings. The lowest BCUT2D eigenvalue weighted by Crippen LogP contribution is -2.19. The number of nitrogen functional groups attached to an aromatic ring is 1. The van der Waals surface area contributed by atoms with Crippen LogP contribution in [0.3, 0.4) is 0 Å². The van der Waals surface area contributed by atoms with E-state index in [0.717, 1.165) is 18.6 Å². The van der Waals surface area contributed by atoms with E-state index in [1.807, 2.05) is 0 Å². The van der Waals surface area contributed by atoms with E-state index in [2.05, 4.69) is 10.1 Å². The Labute approximate surface area is 117 Å². The van der Waals surface area contributed by atoms with Gasteiger partial charge in [0.15, 0.2) is 0 Å². The summed E-state index contributed by atoms with van der Waals surface area (Å²) >= 11 is 0. The zero-order chi connectivity index (χ0) is 15.2. The number of benzene rings is 1. The first kappa shape index (κ1) is 13.8. The van der Waals surface area contributed by atoms with Crippen molar-refractivity contribution in [1.29, 1.82) is 0 Å². The fraction of sp³-hybridized carbons (Fsp3) is 0.385. The van der Waals surface area contributed by atoms with Gasteiger partial charge in [-0.05, 0) is 30.5 Å². The summed E-state index contributed by atoms with van der Waals surface area (Å²) in [5.41, 5.74) is 4.65. The minimum absolute atomic E-state index is 0.0926. The molecule has 0 spiro atoms. The van der Waals surface area contributed by atoms with Gasteiger partial charge in [0.2, 0.25) is 5.95 Å². The van der Waals surface area contributed by atoms with Crippen LogP contribution >= 0.6 is 0 Å². The van der Waals surface area contributed by atoms with E-state index in [-0.39, 0.29) is 11.9 Å². The van der Waals surface area contributed by atoms with Crippen molar-refractivity contribution in [2.75, 3.05) is 5.73 Å². The molecule has 3 rings (SSSR count). The summed E-state index contributed by atoms with van der Waals surface area (Å²) in [6.45, 7) is 0.628. The predicted molar refractivity (Wildman–Crippen MR) is 66.9 cm³/mol. The van der Waals surface area contributed by atoms with Gasteiger partial charge in [-0.3, -0.25) is 0 Å². The Morgan fingerprint density at radius 3 is 2.76 bits per heavy atom. The average Bonchev–Trinajstić information content (AvgIpc) is 2.78. The molecule has 0 amide bonds. The van der Waals surface area contributed by atoms with Crippen LogP contribution in [0.25, 0.3) is 0 Å². The van der Waals surface area contributed by atoms with E-state index < -0.39 is 17.6 Å². The van der Waals surface area contributed by atoms with Crippen molar-refractivity contribution in [3.05, 3.63) is 41.0 Å². The van der Waals surface area contributed by atoms with Crippen LogP contribution in [0.15, 0.2) is 18.2 Å². The number of aromatic nitrogens is 3. The Morgan fingerprint density at radius 2 is 2.05 bits per heavy atom. The van der Waals surface area contributed by atoms with Crippen LogP contribution in [-0.2, 0) is 12.7 Å². The molecule has 21 heavy (non-hydrogen) atoms. The van der Waals surface area contributed by atoms with Crippen molar-refractivity contribution >= 4 is 5.95 Å². The maximum absolute atomic E-state index is 13.4. The van der Waals surface area contributed by atoms with Gasteiger partial charge >= 0.3 is 6.18 Å². The zero-order valence-electron chi connectivity index (χ0n) is 10.9. The predicted octanol–water partition coefficient (Wildman–Crippen LogP) is 2.94. The second kappa shape index (κ2) is 4.71. The normalized spacial score (nSPS) is 18.6. The molecular weight excluding hydrogens is 288 g/mol. The first-order valence-electron chi connectivity index (χ1n) is 6.43. The molecule has 0 aliphatic carbocycles. The molecule has 112 valence electrons. The van der Waals surface area contributed by atoms with E-state index in [0.29, 0.717) is 24.4 Å². The smallest absolute Gasteiger partial charge is 0.366 e. The molecule has 4 nitrogen and oxygen atoms in total. The Morgan fingerprint density at radius 1 is 1.29 bits per heavy atom. The van der Waals surface area contributed by atoms with Crippen LogP contribution in [0.4, 0.5) is 23.5 Å². The van der Waals surface area contributed by atoms with Crippen LogP contribution in [0.1, 0.15) is 35.7 Å². The van der Waals surface area contributed by atoms with Crippen LogP contribution < -0.4 is 5.73 Å². The first-order valence-corrected chi connectivity index (χ1v) is 6.43. The van der Waals surface area contributed by atoms with Crippen molar-refractivity contribution in [1.82, 2.24) is 14.8 Å². The molecule has 2 heterocycles. The van der Waals surface area contributed by atoms with Crippen molar-refractivity contribution in [2.24, 2.45) is 0 Å². The Bertz CT molecular complexity index is 677. The third kappa shape index (κ3) is 2.45. The molecule has 0 saturated heterocycles. The number of anilines is 1. The van der Waals surface area contributed by atoms with Gasteiger partial charge in [-0.1, -0.05) is 6.07 Å². The first-order chi connectivity index (χ1) is 9.86. The fourth-order valence-corrected chi connectivity index (χ4v) is 2.66. The number of nitrogens with two attached hydrogens (primary N) is 1. The van der Waals surface area contributed by atoms with Crippen LogP contribution in [0.2, 0.25) is 0 Å². The lowest BCUT2D eigenvalue weighted by atomic mass is 9.90. The van der Waals surface area contributed by atoms with Crippen LogP contribution in [0, 0.1) is 5.82 Å². The van der Waals surface area contributed by atoms with Crippen LogP contribution in [0.5, 0.6) is 0 Å². The average molecular weight is 300 g/mol. The number of hydrogen-bond donors (Lipinski definition) is 1. The molecular formula is C13H12F4N4. The lowest BCUT2D eigenvalue weighted by molar-refractivity contribution is -0.140. The Kier molecular flexibility index (Phi) is 3.11. The summed E-state index contributed by atoms with van der Waals surface area (Å²) in [5, 5.41) is 4.00. The zero-order valence-corrected chi connectivity index (χ0v) is 10.9. The highest BCUT2D eigenvalue weighted by Gasteiger charge is 2.35. The number of halogens is 4. The highest BCUT2D eigenvalue weighted by molar-refractivity contribution is 5.34. The van der Waals surface area contributed by atoms with Crippen molar-refractivity contribution in [2.45, 2.75) is 31.5 Å². The summed E-state index contributed by atoms with van der Waals surface area (Å²) in [5.74, 6) is -1.01. The molecule has 1 atom stereocenters. The van der Waals surface area contributed by atoms with Crippen molar-refractivity contribution in [3.8, 4) is 0 Å². The summed E-state index contributed by atoms with van der Waals surface area (Å²) in [4.78, 5) is 4.08. The van der Waals surface area contributed by atoms with E-state index in [1.54, 1.807) is 4.68 Å². The minimum Gasteiger partial charge on any atom is -0.366 e. The van der Waals surface area contributed by atoms with Gasteiger partial charge in [0.05, 0.1) is 5.56 Å². The quantitative estimate of drug-likeness (QED) is 0.824. The monoisotopic (exact) mass is 300 g/mol. The number of nitrogens with zero attached hydrogens (tertiary/aromatic N) is 3. The van der Waals surface area contributed by atoms with E-state index in [1.165, 1.54) is 6.07 Å². The molecule has 1 aliphatic heterocycles. The lowest BCUT2D eigenvalue weighted by Gasteiger charge is -2.23. The highest BCUT2D eigenvalue weighted by Crippen LogP contribution is 2.37. The number of hydrogen-bond acceptors (Lipinski definition) is 3. The maximum atomic E-state index is 13.4. The molecule has 8 heteroatoms. The molecule has 1 aromatic heterocycles. The minimum atomic E-state index is -4.72. The van der Waals surface area contributed by atoms with Crippen molar-refractivity contribution in [3.63, 3.8) is 0 Å². The highest BCUT2D eigenvalue weighted by atomic mass is 19.4. The molecule has 0 radical (unpaired) electrons. The summed E-state index contributed by atoms with van der Waals surface area (Å²) in [7, 11) is 0. The summed E-state index contributed by atoms with van der Waals surface area (Å²) < 4.78 is 53.4. The van der Waals surface area contributed by atoms with Gasteiger partial charge in [0.25, 0.3) is 0 Å². The van der Waals surface area contributed by atoms with Gasteiger partial charge in [0.1, 0.15) is 11.6 Å². The third-order valence-electron chi connectivity index (χ3n) is 3.59. The second-order valence-electron chi connectivity index (χ2n) is 4.98. The molecule has 0 saturated carbocycles. The van der Waals surface area contributed by atoms with E-state index >= 15 is 0 Å². The number of alkyl halides is 3. The van der Waals surface area contributed by atoms with E-state index in [4.69, 9.17) is 5.73 Å². The van der Waals surface area contributed by atoms with Gasteiger partial charge in [-0.15, -0.1) is 5.10 Å². The van der Waals surface area contributed by atoms with Gasteiger partial charge < -0.3 is 5.73 Å². The molecule has 2 N–H and O–H groups in total. The SMILES string of the molecule is Nc1nc2n(n1)CCCC2c1ccc(F)c(C(F)(F)F)c1. The molecule has 1 aromatic carbocycles. The van der Waals surface area contributed by atoms with Gasteiger partial charge in [-0.25, -0.2) is 9.07 Å². The van der Waals surface area contributed by atoms with Gasteiger partial charge in [0, 0.05) is 12.5 Å². The topological polar surface area (TPSA) is 56.7 Å². The molecule has 0 fully saturated rings. The fourth-order valence-electron chi connectivity index (χ4n) is 2.66. The summed E-state index contributed by atoms with van der Waals surface area (Å²) in [6.07, 6.45) is -3.35. The maximum Gasteiger partial charge on any atom is 0.419 e. The van der Waals surface area contributed by atoms with Gasteiger partial charge in [-0.2, -0.15) is 18.2 Å². The Hall–Kier alpha value is -2.12. The number of rotatable bonds is 1.